The molecule has 0 unspecified atom stereocenters. The molecular weight excluding hydrogens is 182 g/mol. The SMILES string of the molecule is CC.CC.CCC.CCCC.CCNC. The largest absolute Gasteiger partial charge is 0.320 e. The van der Waals surface area contributed by atoms with Crippen LogP contribution in [0, 0.1) is 0 Å². The first-order chi connectivity index (χ1) is 7.24. The van der Waals surface area contributed by atoms with Crippen LogP contribution in [0.4, 0.5) is 0 Å². The highest BCUT2D eigenvalue weighted by atomic mass is 14.8. The Morgan fingerprint density at radius 3 is 0.800 bits per heavy atom. The van der Waals surface area contributed by atoms with Crippen LogP contribution in [0.2, 0.25) is 0 Å². The van der Waals surface area contributed by atoms with Crippen molar-refractivity contribution in [3.63, 3.8) is 0 Å². The predicted molar refractivity (Wildman–Crippen MR) is 78.8 cm³/mol. The van der Waals surface area contributed by atoms with Gasteiger partial charge in [0, 0.05) is 0 Å². The van der Waals surface area contributed by atoms with E-state index in [1.807, 2.05) is 34.7 Å². The summed E-state index contributed by atoms with van der Waals surface area (Å²) in [5.41, 5.74) is 0. The summed E-state index contributed by atoms with van der Waals surface area (Å²) in [6, 6.07) is 0. The molecule has 1 nitrogen and oxygen atoms in total. The highest BCUT2D eigenvalue weighted by Gasteiger charge is 1.56. The topological polar surface area (TPSA) is 12.0 Å². The summed E-state index contributed by atoms with van der Waals surface area (Å²) in [7, 11) is 1.93. The summed E-state index contributed by atoms with van der Waals surface area (Å²) >= 11 is 0. The number of nitrogens with one attached hydrogen (secondary N) is 1. The van der Waals surface area contributed by atoms with Crippen molar-refractivity contribution in [3.8, 4) is 0 Å². The Labute approximate surface area is 101 Å². The third-order valence-corrected chi connectivity index (χ3v) is 0.854. The summed E-state index contributed by atoms with van der Waals surface area (Å²) in [5, 5.41) is 2.93. The molecule has 0 amide bonds. The molecule has 100 valence electrons. The van der Waals surface area contributed by atoms with Crippen LogP contribution in [0.1, 0.15) is 81.6 Å². The van der Waals surface area contributed by atoms with Crippen molar-refractivity contribution >= 4 is 0 Å². The van der Waals surface area contributed by atoms with E-state index in [2.05, 4.69) is 39.9 Å². The predicted octanol–water partition coefficient (Wildman–Crippen LogP) is 5.50. The van der Waals surface area contributed by atoms with E-state index in [9.17, 15) is 0 Å². The zero-order valence-corrected chi connectivity index (χ0v) is 13.3. The highest BCUT2D eigenvalue weighted by molar-refractivity contribution is 4.15. The summed E-state index contributed by atoms with van der Waals surface area (Å²) in [5.74, 6) is 0. The molecule has 0 aliphatic carbocycles. The molecule has 0 aromatic carbocycles. The maximum absolute atomic E-state index is 2.93. The van der Waals surface area contributed by atoms with E-state index in [1.165, 1.54) is 19.3 Å². The molecule has 0 aromatic heterocycles. The Morgan fingerprint density at radius 1 is 0.667 bits per heavy atom. The molecular formula is C14H39N. The first-order valence-electron chi connectivity index (χ1n) is 6.89. The maximum atomic E-state index is 2.93. The minimum absolute atomic E-state index is 1.07. The van der Waals surface area contributed by atoms with Gasteiger partial charge in [-0.25, -0.2) is 0 Å². The zero-order valence-electron chi connectivity index (χ0n) is 13.3. The standard InChI is InChI=1S/C4H10.C3H9N.C3H8.2C2H6/c2*1-3-4-2;1-3-2;2*1-2/h3-4H2,1-2H3;4H,3H2,1-2H3;3H2,1-2H3;2*1-2H3. The van der Waals surface area contributed by atoms with Crippen molar-refractivity contribution in [1.29, 1.82) is 0 Å². The van der Waals surface area contributed by atoms with Gasteiger partial charge in [0.25, 0.3) is 0 Å². The average molecular weight is 221 g/mol. The third kappa shape index (κ3) is 520. The second-order valence-electron chi connectivity index (χ2n) is 2.41. The fourth-order valence-corrected chi connectivity index (χ4v) is 0. The van der Waals surface area contributed by atoms with Gasteiger partial charge in [-0.15, -0.1) is 0 Å². The molecule has 0 radical (unpaired) electrons. The Hall–Kier alpha value is -0.0400. The van der Waals surface area contributed by atoms with Crippen LogP contribution in [0.15, 0.2) is 0 Å². The smallest absolute Gasteiger partial charge is 0.00804 e. The molecule has 0 aliphatic rings. The number of hydrogen-bond donors (Lipinski definition) is 1. The molecule has 0 rings (SSSR count). The fraction of sp³-hybridized carbons (Fsp3) is 1.00. The monoisotopic (exact) mass is 221 g/mol. The van der Waals surface area contributed by atoms with Crippen LogP contribution in [-0.2, 0) is 0 Å². The summed E-state index contributed by atoms with van der Waals surface area (Å²) in [4.78, 5) is 0. The highest BCUT2D eigenvalue weighted by Crippen LogP contribution is 1.76. The lowest BCUT2D eigenvalue weighted by Gasteiger charge is -1.76. The van der Waals surface area contributed by atoms with Crippen LogP contribution in [-0.4, -0.2) is 13.6 Å². The van der Waals surface area contributed by atoms with E-state index in [1.54, 1.807) is 0 Å². The van der Waals surface area contributed by atoms with Gasteiger partial charge in [-0.05, 0) is 13.6 Å². The number of unbranched alkanes of at least 4 members (excludes halogenated alkanes) is 1. The minimum atomic E-state index is 1.07. The number of rotatable bonds is 2. The van der Waals surface area contributed by atoms with Crippen molar-refractivity contribution in [1.82, 2.24) is 5.32 Å². The first-order valence-corrected chi connectivity index (χ1v) is 6.89. The van der Waals surface area contributed by atoms with Gasteiger partial charge in [0.2, 0.25) is 0 Å². The van der Waals surface area contributed by atoms with Crippen molar-refractivity contribution in [2.24, 2.45) is 0 Å². The second kappa shape index (κ2) is 95.3. The molecule has 15 heavy (non-hydrogen) atoms. The van der Waals surface area contributed by atoms with E-state index in [0.717, 1.165) is 6.54 Å². The van der Waals surface area contributed by atoms with Crippen LogP contribution < -0.4 is 5.32 Å². The fourth-order valence-electron chi connectivity index (χ4n) is 0. The first kappa shape index (κ1) is 29.4. The second-order valence-corrected chi connectivity index (χ2v) is 2.41. The number of hydrogen-bond acceptors (Lipinski definition) is 1. The molecule has 0 bridgehead atoms. The van der Waals surface area contributed by atoms with Crippen molar-refractivity contribution in [2.75, 3.05) is 13.6 Å². The van der Waals surface area contributed by atoms with Gasteiger partial charge in [0.15, 0.2) is 0 Å². The lowest BCUT2D eigenvalue weighted by atomic mass is 10.4. The van der Waals surface area contributed by atoms with E-state index >= 15 is 0 Å². The molecule has 0 saturated heterocycles. The Kier molecular flexibility index (Phi) is 187. The van der Waals surface area contributed by atoms with Gasteiger partial charge >= 0.3 is 0 Å². The average Bonchev–Trinajstić information content (AvgIpc) is 2.35. The molecule has 0 aromatic rings. The van der Waals surface area contributed by atoms with E-state index in [0.29, 0.717) is 0 Å². The molecule has 0 saturated carbocycles. The molecule has 0 spiro atoms. The molecule has 1 heteroatoms. The van der Waals surface area contributed by atoms with Crippen molar-refractivity contribution < 1.29 is 0 Å². The molecule has 0 atom stereocenters. The Morgan fingerprint density at radius 2 is 0.800 bits per heavy atom. The minimum Gasteiger partial charge on any atom is -0.320 e. The summed E-state index contributed by atoms with van der Waals surface area (Å²) < 4.78 is 0. The lowest BCUT2D eigenvalue weighted by Crippen LogP contribution is -2.01. The van der Waals surface area contributed by atoms with Gasteiger partial charge in [-0.2, -0.15) is 0 Å². The summed E-state index contributed by atoms with van der Waals surface area (Å²) in [6.45, 7) is 19.8. The van der Waals surface area contributed by atoms with Crippen LogP contribution in [0.5, 0.6) is 0 Å². The van der Waals surface area contributed by atoms with Gasteiger partial charge in [-0.1, -0.05) is 81.6 Å². The molecule has 0 aliphatic heterocycles. The van der Waals surface area contributed by atoms with Gasteiger partial charge in [0.1, 0.15) is 0 Å². The Balaban J connectivity index is -0.0000000289. The zero-order chi connectivity index (χ0) is 13.5. The van der Waals surface area contributed by atoms with Crippen LogP contribution in [0.25, 0.3) is 0 Å². The third-order valence-electron chi connectivity index (χ3n) is 0.854. The summed E-state index contributed by atoms with van der Waals surface area (Å²) in [6.07, 6.45) is 3.89. The molecule has 1 N–H and O–H groups in total. The van der Waals surface area contributed by atoms with Crippen LogP contribution in [0.3, 0.4) is 0 Å². The quantitative estimate of drug-likeness (QED) is 0.649. The van der Waals surface area contributed by atoms with E-state index in [4.69, 9.17) is 0 Å². The molecule has 0 heterocycles. The maximum Gasteiger partial charge on any atom is -0.00804 e. The van der Waals surface area contributed by atoms with Crippen LogP contribution >= 0.6 is 0 Å². The van der Waals surface area contributed by atoms with Gasteiger partial charge < -0.3 is 5.32 Å². The van der Waals surface area contributed by atoms with Crippen molar-refractivity contribution in [3.05, 3.63) is 0 Å². The Bertz CT molecular complexity index is 20.5. The molecule has 0 fully saturated rings. The van der Waals surface area contributed by atoms with Gasteiger partial charge in [-0.3, -0.25) is 0 Å². The normalized spacial score (nSPS) is 6.00. The van der Waals surface area contributed by atoms with Crippen molar-refractivity contribution in [2.45, 2.75) is 81.6 Å². The lowest BCUT2D eigenvalue weighted by molar-refractivity contribution is 0.864. The van der Waals surface area contributed by atoms with E-state index < -0.39 is 0 Å². The van der Waals surface area contributed by atoms with E-state index in [-0.39, 0.29) is 0 Å². The van der Waals surface area contributed by atoms with Gasteiger partial charge in [0.05, 0.1) is 0 Å².